The smallest absolute Gasteiger partial charge is 0.253 e. The van der Waals surface area contributed by atoms with Crippen molar-refractivity contribution in [2.75, 3.05) is 14.1 Å². The lowest BCUT2D eigenvalue weighted by Crippen LogP contribution is -2.24. The van der Waals surface area contributed by atoms with Crippen molar-refractivity contribution in [1.29, 1.82) is 0 Å². The number of halogens is 1. The Morgan fingerprint density at radius 2 is 1.73 bits per heavy atom. The van der Waals surface area contributed by atoms with Gasteiger partial charge in [-0.2, -0.15) is 0 Å². The zero-order chi connectivity index (χ0) is 16.1. The molecule has 0 spiro atoms. The molecule has 0 saturated carbocycles. The van der Waals surface area contributed by atoms with E-state index in [4.69, 9.17) is 11.6 Å². The van der Waals surface area contributed by atoms with Crippen molar-refractivity contribution in [3.63, 3.8) is 0 Å². The van der Waals surface area contributed by atoms with Gasteiger partial charge >= 0.3 is 0 Å². The molecule has 0 fully saturated rings. The van der Waals surface area contributed by atoms with Crippen LogP contribution in [-0.4, -0.2) is 30.8 Å². The van der Waals surface area contributed by atoms with Gasteiger partial charge in [-0.05, 0) is 42.0 Å². The normalized spacial score (nSPS) is 10.1. The molecule has 2 amide bonds. The Labute approximate surface area is 134 Å². The summed E-state index contributed by atoms with van der Waals surface area (Å²) in [5.74, 6) is -0.244. The van der Waals surface area contributed by atoms with Crippen molar-refractivity contribution in [3.8, 4) is 0 Å². The fourth-order valence-electron chi connectivity index (χ4n) is 1.96. The minimum Gasteiger partial charge on any atom is -0.348 e. The van der Waals surface area contributed by atoms with Crippen molar-refractivity contribution in [2.24, 2.45) is 0 Å². The Kier molecular flexibility index (Phi) is 5.17. The lowest BCUT2D eigenvalue weighted by molar-refractivity contribution is 0.0827. The van der Waals surface area contributed by atoms with Gasteiger partial charge in [0, 0.05) is 36.8 Å². The van der Waals surface area contributed by atoms with E-state index >= 15 is 0 Å². The molecule has 0 atom stereocenters. The zero-order valence-corrected chi connectivity index (χ0v) is 13.2. The highest BCUT2D eigenvalue weighted by atomic mass is 35.5. The molecule has 0 aliphatic heterocycles. The maximum absolute atomic E-state index is 12.0. The number of carbonyl (C=O) groups excluding carboxylic acids is 2. The van der Waals surface area contributed by atoms with Crippen LogP contribution in [0.25, 0.3) is 0 Å². The number of carbonyl (C=O) groups is 2. The summed E-state index contributed by atoms with van der Waals surface area (Å²) < 4.78 is 0. The van der Waals surface area contributed by atoms with E-state index in [1.165, 1.54) is 4.90 Å². The molecule has 4 nitrogen and oxygen atoms in total. The largest absolute Gasteiger partial charge is 0.348 e. The highest BCUT2D eigenvalue weighted by Gasteiger charge is 2.09. The summed E-state index contributed by atoms with van der Waals surface area (Å²) in [6.07, 6.45) is 0. The van der Waals surface area contributed by atoms with E-state index < -0.39 is 0 Å². The molecule has 0 unspecified atom stereocenters. The molecule has 0 aliphatic carbocycles. The zero-order valence-electron chi connectivity index (χ0n) is 12.5. The number of nitrogens with one attached hydrogen (secondary N) is 1. The number of hydrogen-bond donors (Lipinski definition) is 1. The van der Waals surface area contributed by atoms with E-state index in [1.54, 1.807) is 56.6 Å². The van der Waals surface area contributed by atoms with Gasteiger partial charge in [-0.15, -0.1) is 0 Å². The molecule has 0 aromatic heterocycles. The molecular formula is C17H17ClN2O2. The Morgan fingerprint density at radius 3 is 2.36 bits per heavy atom. The second-order valence-corrected chi connectivity index (χ2v) is 5.53. The molecule has 2 aromatic rings. The summed E-state index contributed by atoms with van der Waals surface area (Å²) in [6, 6.07) is 13.9. The van der Waals surface area contributed by atoms with Crippen LogP contribution in [0, 0.1) is 0 Å². The second-order valence-electron chi connectivity index (χ2n) is 5.09. The highest BCUT2D eigenvalue weighted by molar-refractivity contribution is 6.30. The van der Waals surface area contributed by atoms with Crippen LogP contribution >= 0.6 is 11.6 Å². The maximum atomic E-state index is 12.0. The number of benzene rings is 2. The van der Waals surface area contributed by atoms with Gasteiger partial charge < -0.3 is 10.2 Å². The van der Waals surface area contributed by atoms with Crippen LogP contribution in [0.1, 0.15) is 26.3 Å². The fourth-order valence-corrected chi connectivity index (χ4v) is 2.08. The maximum Gasteiger partial charge on any atom is 0.253 e. The summed E-state index contributed by atoms with van der Waals surface area (Å²) in [5.41, 5.74) is 2.02. The molecule has 0 saturated heterocycles. The first kappa shape index (κ1) is 16.0. The Morgan fingerprint density at radius 1 is 1.05 bits per heavy atom. The SMILES string of the molecule is CN(C)C(=O)c1cccc(CNC(=O)c2ccc(Cl)cc2)c1. The van der Waals surface area contributed by atoms with Crippen molar-refractivity contribution in [3.05, 3.63) is 70.2 Å². The average Bonchev–Trinajstić information content (AvgIpc) is 2.52. The Hall–Kier alpha value is -2.33. The van der Waals surface area contributed by atoms with E-state index in [0.717, 1.165) is 5.56 Å². The third kappa shape index (κ3) is 4.09. The lowest BCUT2D eigenvalue weighted by Gasteiger charge is -2.11. The first-order valence-corrected chi connectivity index (χ1v) is 7.19. The van der Waals surface area contributed by atoms with Crippen LogP contribution < -0.4 is 5.32 Å². The van der Waals surface area contributed by atoms with Gasteiger partial charge in [0.15, 0.2) is 0 Å². The summed E-state index contributed by atoms with van der Waals surface area (Å²) >= 11 is 5.79. The number of hydrogen-bond acceptors (Lipinski definition) is 2. The van der Waals surface area contributed by atoms with Gasteiger partial charge in [0.2, 0.25) is 0 Å². The number of amides is 2. The van der Waals surface area contributed by atoms with Crippen LogP contribution in [-0.2, 0) is 6.54 Å². The number of nitrogens with zero attached hydrogens (tertiary/aromatic N) is 1. The molecule has 1 N–H and O–H groups in total. The van der Waals surface area contributed by atoms with Gasteiger partial charge in [-0.1, -0.05) is 23.7 Å². The van der Waals surface area contributed by atoms with Crippen LogP contribution in [0.2, 0.25) is 5.02 Å². The van der Waals surface area contributed by atoms with Crippen LogP contribution in [0.15, 0.2) is 48.5 Å². The van der Waals surface area contributed by atoms with E-state index in [0.29, 0.717) is 22.7 Å². The average molecular weight is 317 g/mol. The molecule has 2 rings (SSSR count). The summed E-state index contributed by atoms with van der Waals surface area (Å²) in [7, 11) is 3.41. The van der Waals surface area contributed by atoms with Crippen molar-refractivity contribution < 1.29 is 9.59 Å². The predicted molar refractivity (Wildman–Crippen MR) is 87.1 cm³/mol. The summed E-state index contributed by atoms with van der Waals surface area (Å²) in [4.78, 5) is 25.5. The molecule has 0 bridgehead atoms. The summed E-state index contributed by atoms with van der Waals surface area (Å²) in [5, 5.41) is 3.41. The van der Waals surface area contributed by atoms with Gasteiger partial charge in [0.05, 0.1) is 0 Å². The van der Waals surface area contributed by atoms with E-state index in [-0.39, 0.29) is 11.8 Å². The third-order valence-electron chi connectivity index (χ3n) is 3.14. The van der Waals surface area contributed by atoms with Crippen molar-refractivity contribution in [2.45, 2.75) is 6.54 Å². The van der Waals surface area contributed by atoms with Crippen LogP contribution in [0.3, 0.4) is 0 Å². The third-order valence-corrected chi connectivity index (χ3v) is 3.39. The minimum absolute atomic E-state index is 0.0640. The molecule has 0 heterocycles. The monoisotopic (exact) mass is 316 g/mol. The van der Waals surface area contributed by atoms with Gasteiger partial charge in [-0.25, -0.2) is 0 Å². The van der Waals surface area contributed by atoms with E-state index in [1.807, 2.05) is 6.07 Å². The molecular weight excluding hydrogens is 300 g/mol. The molecule has 114 valence electrons. The minimum atomic E-state index is -0.180. The van der Waals surface area contributed by atoms with Gasteiger partial charge in [0.25, 0.3) is 11.8 Å². The molecule has 5 heteroatoms. The Balaban J connectivity index is 2.02. The topological polar surface area (TPSA) is 49.4 Å². The predicted octanol–water partition coefficient (Wildman–Crippen LogP) is 2.97. The van der Waals surface area contributed by atoms with Gasteiger partial charge in [0.1, 0.15) is 0 Å². The molecule has 0 radical (unpaired) electrons. The van der Waals surface area contributed by atoms with E-state index in [9.17, 15) is 9.59 Å². The van der Waals surface area contributed by atoms with Crippen molar-refractivity contribution in [1.82, 2.24) is 10.2 Å². The van der Waals surface area contributed by atoms with Crippen LogP contribution in [0.5, 0.6) is 0 Å². The second kappa shape index (κ2) is 7.09. The Bertz CT molecular complexity index is 681. The molecule has 22 heavy (non-hydrogen) atoms. The first-order valence-electron chi connectivity index (χ1n) is 6.82. The van der Waals surface area contributed by atoms with Gasteiger partial charge in [-0.3, -0.25) is 9.59 Å². The van der Waals surface area contributed by atoms with E-state index in [2.05, 4.69) is 5.32 Å². The molecule has 0 aliphatic rings. The van der Waals surface area contributed by atoms with Crippen molar-refractivity contribution >= 4 is 23.4 Å². The lowest BCUT2D eigenvalue weighted by atomic mass is 10.1. The summed E-state index contributed by atoms with van der Waals surface area (Å²) in [6.45, 7) is 0.357. The fraction of sp³-hybridized carbons (Fsp3) is 0.176. The standard InChI is InChI=1S/C17H17ClN2O2/c1-20(2)17(22)14-5-3-4-12(10-14)11-19-16(21)13-6-8-15(18)9-7-13/h3-10H,11H2,1-2H3,(H,19,21). The quantitative estimate of drug-likeness (QED) is 0.942. The van der Waals surface area contributed by atoms with Crippen LogP contribution in [0.4, 0.5) is 0 Å². The number of rotatable bonds is 4. The first-order chi connectivity index (χ1) is 10.5. The molecule has 2 aromatic carbocycles. The highest BCUT2D eigenvalue weighted by Crippen LogP contribution is 2.10.